The molecule has 13 nitrogen and oxygen atoms in total. The van der Waals surface area contributed by atoms with E-state index in [0.29, 0.717) is 18.6 Å². The molecular formula is C37H55N5O8. The molecule has 6 atom stereocenters. The number of ether oxygens (including phenoxy) is 2. The van der Waals surface area contributed by atoms with Crippen LogP contribution in [0.4, 0.5) is 4.79 Å². The quantitative estimate of drug-likeness (QED) is 0.168. The number of rotatable bonds is 18. The van der Waals surface area contributed by atoms with Gasteiger partial charge < -0.3 is 30.7 Å². The Bertz CT molecular complexity index is 1390. The van der Waals surface area contributed by atoms with Crippen LogP contribution in [0.15, 0.2) is 54.3 Å². The van der Waals surface area contributed by atoms with Crippen molar-refractivity contribution in [1.82, 2.24) is 26.2 Å². The van der Waals surface area contributed by atoms with Gasteiger partial charge in [0.2, 0.25) is 17.7 Å². The van der Waals surface area contributed by atoms with Crippen molar-refractivity contribution < 1.29 is 38.2 Å². The zero-order valence-corrected chi connectivity index (χ0v) is 30.8. The molecule has 1 aromatic carbocycles. The van der Waals surface area contributed by atoms with E-state index in [4.69, 9.17) is 9.47 Å². The minimum atomic E-state index is -0.987. The number of alkyl carbamates (subject to hydrolysis) is 1. The van der Waals surface area contributed by atoms with Crippen LogP contribution in [0.5, 0.6) is 0 Å². The van der Waals surface area contributed by atoms with Crippen LogP contribution in [-0.4, -0.2) is 77.8 Å². The van der Waals surface area contributed by atoms with Gasteiger partial charge in [-0.05, 0) is 50.0 Å². The summed E-state index contributed by atoms with van der Waals surface area (Å²) in [5.74, 6) is -2.44. The minimum Gasteiger partial charge on any atom is -0.499 e. The molecule has 1 aliphatic rings. The molecule has 1 heterocycles. The highest BCUT2D eigenvalue weighted by Gasteiger charge is 2.35. The first-order valence-electron chi connectivity index (χ1n) is 17.3. The fraction of sp³-hybridized carbons (Fsp3) is 0.568. The SMILES string of the molecule is CC[C@H](C)[C@H](NC(=O)OCc1ccccc1)C(=O)N[C@@H](CC(C)C)C(=O)N[C@@H](CC(C)C)C(=O)N[C@@H](C)/C=C/C(=O)N1C(=O)C=C(OC)[C@@H]1C. The maximum Gasteiger partial charge on any atom is 0.408 e. The molecule has 0 radical (unpaired) electrons. The van der Waals surface area contributed by atoms with E-state index in [-0.39, 0.29) is 30.8 Å². The van der Waals surface area contributed by atoms with Gasteiger partial charge in [0, 0.05) is 18.2 Å². The van der Waals surface area contributed by atoms with Crippen molar-refractivity contribution in [3.63, 3.8) is 0 Å². The van der Waals surface area contributed by atoms with Crippen LogP contribution >= 0.6 is 0 Å². The number of imide groups is 1. The van der Waals surface area contributed by atoms with Gasteiger partial charge in [0.25, 0.3) is 11.8 Å². The van der Waals surface area contributed by atoms with E-state index in [9.17, 15) is 28.8 Å². The molecule has 0 bridgehead atoms. The monoisotopic (exact) mass is 697 g/mol. The number of nitrogens with zero attached hydrogens (tertiary/aromatic N) is 1. The van der Waals surface area contributed by atoms with E-state index < -0.39 is 65.8 Å². The van der Waals surface area contributed by atoms with Crippen LogP contribution in [0.1, 0.15) is 80.2 Å². The number of benzene rings is 1. The Hall–Kier alpha value is -4.68. The molecule has 1 aliphatic heterocycles. The van der Waals surface area contributed by atoms with E-state index in [1.54, 1.807) is 13.8 Å². The Labute approximate surface area is 296 Å². The molecule has 2 rings (SSSR count). The Morgan fingerprint density at radius 1 is 0.840 bits per heavy atom. The van der Waals surface area contributed by atoms with Crippen LogP contribution < -0.4 is 21.3 Å². The van der Waals surface area contributed by atoms with Gasteiger partial charge in [0.05, 0.1) is 13.2 Å². The molecule has 1 aromatic rings. The van der Waals surface area contributed by atoms with E-state index >= 15 is 0 Å². The van der Waals surface area contributed by atoms with Crippen LogP contribution in [0.3, 0.4) is 0 Å². The lowest BCUT2D eigenvalue weighted by Crippen LogP contribution is -2.58. The summed E-state index contributed by atoms with van der Waals surface area (Å²) in [6.45, 7) is 14.7. The molecule has 276 valence electrons. The van der Waals surface area contributed by atoms with E-state index in [1.807, 2.05) is 71.9 Å². The van der Waals surface area contributed by atoms with Crippen LogP contribution in [0.25, 0.3) is 0 Å². The second-order valence-electron chi connectivity index (χ2n) is 13.6. The maximum absolute atomic E-state index is 13.7. The van der Waals surface area contributed by atoms with E-state index in [0.717, 1.165) is 10.5 Å². The molecule has 4 N–H and O–H groups in total. The van der Waals surface area contributed by atoms with Gasteiger partial charge in [-0.2, -0.15) is 0 Å². The van der Waals surface area contributed by atoms with Gasteiger partial charge in [0.15, 0.2) is 0 Å². The normalized spacial score (nSPS) is 17.4. The lowest BCUT2D eigenvalue weighted by Gasteiger charge is -2.28. The number of carbonyl (C=O) groups is 6. The molecule has 0 spiro atoms. The predicted molar refractivity (Wildman–Crippen MR) is 189 cm³/mol. The molecule has 6 amide bonds. The van der Waals surface area contributed by atoms with Crippen molar-refractivity contribution in [1.29, 1.82) is 0 Å². The zero-order chi connectivity index (χ0) is 37.5. The Kier molecular flexibility index (Phi) is 16.7. The minimum absolute atomic E-state index is 0.0114. The highest BCUT2D eigenvalue weighted by molar-refractivity contribution is 6.07. The van der Waals surface area contributed by atoms with Gasteiger partial charge in [-0.3, -0.25) is 28.9 Å². The molecule has 0 unspecified atom stereocenters. The van der Waals surface area contributed by atoms with Crippen LogP contribution in [0.2, 0.25) is 0 Å². The maximum atomic E-state index is 13.7. The number of carbonyl (C=O) groups excluding carboxylic acids is 6. The molecule has 0 saturated heterocycles. The summed E-state index contributed by atoms with van der Waals surface area (Å²) in [7, 11) is 1.43. The fourth-order valence-electron chi connectivity index (χ4n) is 5.37. The van der Waals surface area contributed by atoms with Crippen molar-refractivity contribution in [2.24, 2.45) is 17.8 Å². The molecule has 0 aromatic heterocycles. The van der Waals surface area contributed by atoms with Crippen LogP contribution in [-0.2, 0) is 40.1 Å². The predicted octanol–water partition coefficient (Wildman–Crippen LogP) is 3.74. The molecule has 0 aliphatic carbocycles. The third-order valence-electron chi connectivity index (χ3n) is 8.33. The number of hydrogen-bond donors (Lipinski definition) is 4. The second kappa shape index (κ2) is 20.1. The summed E-state index contributed by atoms with van der Waals surface area (Å²) in [5.41, 5.74) is 0.798. The first-order chi connectivity index (χ1) is 23.6. The molecule has 0 saturated carbocycles. The second-order valence-corrected chi connectivity index (χ2v) is 13.6. The number of hydrogen-bond acceptors (Lipinski definition) is 8. The third-order valence-corrected chi connectivity index (χ3v) is 8.33. The van der Waals surface area contributed by atoms with Crippen molar-refractivity contribution in [3.05, 3.63) is 59.9 Å². The summed E-state index contributed by atoms with van der Waals surface area (Å²) in [6, 6.07) is 5.10. The highest BCUT2D eigenvalue weighted by Crippen LogP contribution is 2.20. The average molecular weight is 698 g/mol. The van der Waals surface area contributed by atoms with Gasteiger partial charge >= 0.3 is 6.09 Å². The topological polar surface area (TPSA) is 172 Å². The van der Waals surface area contributed by atoms with Gasteiger partial charge in [-0.1, -0.05) is 84.4 Å². The highest BCUT2D eigenvalue weighted by atomic mass is 16.5. The summed E-state index contributed by atoms with van der Waals surface area (Å²) in [4.78, 5) is 79.4. The number of amides is 6. The zero-order valence-electron chi connectivity index (χ0n) is 30.8. The van der Waals surface area contributed by atoms with Crippen LogP contribution in [0, 0.1) is 17.8 Å². The Morgan fingerprint density at radius 2 is 1.40 bits per heavy atom. The smallest absolute Gasteiger partial charge is 0.408 e. The van der Waals surface area contributed by atoms with Gasteiger partial charge in [-0.25, -0.2) is 4.79 Å². The summed E-state index contributed by atoms with van der Waals surface area (Å²) < 4.78 is 10.5. The molecular weight excluding hydrogens is 642 g/mol. The summed E-state index contributed by atoms with van der Waals surface area (Å²) >= 11 is 0. The van der Waals surface area contributed by atoms with Crippen molar-refractivity contribution in [2.75, 3.05) is 7.11 Å². The van der Waals surface area contributed by atoms with Gasteiger partial charge in [0.1, 0.15) is 30.5 Å². The summed E-state index contributed by atoms with van der Waals surface area (Å²) in [6.07, 6.45) is 4.36. The number of methoxy groups -OCH3 is 1. The van der Waals surface area contributed by atoms with E-state index in [2.05, 4.69) is 21.3 Å². The first-order valence-corrected chi connectivity index (χ1v) is 17.3. The average Bonchev–Trinajstić information content (AvgIpc) is 3.36. The molecule has 13 heteroatoms. The Morgan fingerprint density at radius 3 is 1.92 bits per heavy atom. The standard InChI is InChI=1S/C37H55N5O8/c1-10-24(6)33(41-37(48)50-21-27-14-12-11-13-15-27)36(47)40-29(19-23(4)5)35(46)39-28(18-22(2)3)34(45)38-25(7)16-17-31(43)42-26(8)30(49-9)20-32(42)44/h11-17,20,22-26,28-29,33H,10,18-19,21H2,1-9H3,(H,38,45)(H,39,46)(H,40,47)(H,41,48)/b17-16+/t24-,25-,26-,28-,29-,33-/m0/s1. The van der Waals surface area contributed by atoms with Gasteiger partial charge in [-0.15, -0.1) is 0 Å². The number of nitrogens with one attached hydrogen (secondary N) is 4. The lowest BCUT2D eigenvalue weighted by atomic mass is 9.96. The first kappa shape index (κ1) is 41.5. The Balaban J connectivity index is 2.11. The van der Waals surface area contributed by atoms with Crippen molar-refractivity contribution in [2.45, 2.75) is 111 Å². The van der Waals surface area contributed by atoms with Crippen molar-refractivity contribution in [3.8, 4) is 0 Å². The molecule has 0 fully saturated rings. The van der Waals surface area contributed by atoms with E-state index in [1.165, 1.54) is 25.3 Å². The summed E-state index contributed by atoms with van der Waals surface area (Å²) in [5, 5.41) is 11.1. The fourth-order valence-corrected chi connectivity index (χ4v) is 5.37. The lowest BCUT2D eigenvalue weighted by molar-refractivity contribution is -0.139. The third kappa shape index (κ3) is 13.0. The largest absolute Gasteiger partial charge is 0.499 e. The van der Waals surface area contributed by atoms with Crippen molar-refractivity contribution >= 4 is 35.6 Å². The molecule has 50 heavy (non-hydrogen) atoms.